The van der Waals surface area contributed by atoms with Crippen LogP contribution in [0, 0.1) is 5.92 Å². The molecule has 0 aromatic heterocycles. The molecule has 1 rings (SSSR count). The third-order valence-corrected chi connectivity index (χ3v) is 2.52. The Balaban J connectivity index is 2.79. The van der Waals surface area contributed by atoms with E-state index in [-0.39, 0.29) is 0 Å². The van der Waals surface area contributed by atoms with E-state index in [1.165, 1.54) is 0 Å². The zero-order chi connectivity index (χ0) is 13.4. The minimum Gasteiger partial charge on any atom is -0.377 e. The molecule has 5 nitrogen and oxygen atoms in total. The molecule has 1 aliphatic heterocycles. The fourth-order valence-electron chi connectivity index (χ4n) is 1.77. The van der Waals surface area contributed by atoms with Gasteiger partial charge in [0.1, 0.15) is 12.3 Å². The minimum atomic E-state index is -4.54. The van der Waals surface area contributed by atoms with Gasteiger partial charge in [0.05, 0.1) is 12.1 Å². The molecule has 1 fully saturated rings. The Bertz CT molecular complexity index is 266. The highest BCUT2D eigenvalue weighted by Crippen LogP contribution is 2.29. The maximum absolute atomic E-state index is 12.6. The van der Waals surface area contributed by atoms with E-state index in [2.05, 4.69) is 16.2 Å². The second kappa shape index (κ2) is 4.69. The van der Waals surface area contributed by atoms with Gasteiger partial charge in [-0.25, -0.2) is 10.9 Å². The Morgan fingerprint density at radius 3 is 2.18 bits per heavy atom. The van der Waals surface area contributed by atoms with Crippen molar-refractivity contribution in [1.29, 1.82) is 0 Å². The number of alkyl halides is 3. The van der Waals surface area contributed by atoms with Gasteiger partial charge in [-0.2, -0.15) is 13.2 Å². The summed E-state index contributed by atoms with van der Waals surface area (Å²) in [6.07, 6.45) is -6.63. The van der Waals surface area contributed by atoms with Crippen LogP contribution in [-0.4, -0.2) is 35.3 Å². The standard InChI is InChI=1S/C9H19F3N4O/c1-8(2,3)14-6-4(7(17)16-15-6)5(13)9(10,11)12/h4-7,14-17H,13H2,1-3H3. The molecule has 4 atom stereocenters. The van der Waals surface area contributed by atoms with E-state index in [0.29, 0.717) is 0 Å². The molecule has 102 valence electrons. The van der Waals surface area contributed by atoms with Crippen molar-refractivity contribution < 1.29 is 18.3 Å². The summed E-state index contributed by atoms with van der Waals surface area (Å²) in [5.74, 6) is -1.19. The molecule has 0 amide bonds. The van der Waals surface area contributed by atoms with Gasteiger partial charge in [0.2, 0.25) is 0 Å². The molecule has 0 bridgehead atoms. The third kappa shape index (κ3) is 3.78. The molecule has 1 heterocycles. The molecule has 17 heavy (non-hydrogen) atoms. The van der Waals surface area contributed by atoms with E-state index < -0.39 is 36.1 Å². The third-order valence-electron chi connectivity index (χ3n) is 2.52. The van der Waals surface area contributed by atoms with E-state index in [4.69, 9.17) is 5.73 Å². The lowest BCUT2D eigenvalue weighted by Gasteiger charge is -2.33. The number of aliphatic hydroxyl groups is 1. The van der Waals surface area contributed by atoms with Gasteiger partial charge < -0.3 is 10.8 Å². The Labute approximate surface area is 97.9 Å². The predicted octanol–water partition coefficient (Wildman–Crippen LogP) is -0.367. The molecule has 8 heteroatoms. The monoisotopic (exact) mass is 256 g/mol. The van der Waals surface area contributed by atoms with Crippen LogP contribution in [0.1, 0.15) is 20.8 Å². The first-order chi connectivity index (χ1) is 7.52. The van der Waals surface area contributed by atoms with Crippen LogP contribution in [0.4, 0.5) is 13.2 Å². The van der Waals surface area contributed by atoms with Crippen molar-refractivity contribution in [3.8, 4) is 0 Å². The second-order valence-electron chi connectivity index (χ2n) is 5.25. The quantitative estimate of drug-likeness (QED) is 0.466. The first-order valence-corrected chi connectivity index (χ1v) is 5.31. The first-order valence-electron chi connectivity index (χ1n) is 5.31. The second-order valence-corrected chi connectivity index (χ2v) is 5.25. The number of aliphatic hydroxyl groups excluding tert-OH is 1. The molecular formula is C9H19F3N4O. The number of hydrogen-bond donors (Lipinski definition) is 5. The van der Waals surface area contributed by atoms with Crippen LogP contribution in [0.5, 0.6) is 0 Å². The van der Waals surface area contributed by atoms with Gasteiger partial charge in [0.25, 0.3) is 0 Å². The summed E-state index contributed by atoms with van der Waals surface area (Å²) >= 11 is 0. The van der Waals surface area contributed by atoms with Crippen LogP contribution in [0.3, 0.4) is 0 Å². The molecule has 0 saturated carbocycles. The number of hydrogen-bond acceptors (Lipinski definition) is 5. The van der Waals surface area contributed by atoms with Crippen molar-refractivity contribution in [3.05, 3.63) is 0 Å². The SMILES string of the molecule is CC(C)(C)NC1NNC(O)C1C(N)C(F)(F)F. The molecule has 1 saturated heterocycles. The molecule has 4 unspecified atom stereocenters. The fourth-order valence-corrected chi connectivity index (χ4v) is 1.77. The summed E-state index contributed by atoms with van der Waals surface area (Å²) in [6.45, 7) is 5.45. The highest BCUT2D eigenvalue weighted by Gasteiger charge is 2.50. The van der Waals surface area contributed by atoms with Gasteiger partial charge in [0.15, 0.2) is 0 Å². The Morgan fingerprint density at radius 2 is 1.76 bits per heavy atom. The van der Waals surface area contributed by atoms with Crippen LogP contribution in [-0.2, 0) is 0 Å². The Kier molecular flexibility index (Phi) is 4.04. The van der Waals surface area contributed by atoms with Gasteiger partial charge in [-0.1, -0.05) is 0 Å². The molecule has 0 spiro atoms. The van der Waals surface area contributed by atoms with Crippen LogP contribution in [0.25, 0.3) is 0 Å². The van der Waals surface area contributed by atoms with Gasteiger partial charge in [-0.15, -0.1) is 0 Å². The van der Waals surface area contributed by atoms with Crippen molar-refractivity contribution >= 4 is 0 Å². The summed E-state index contributed by atoms with van der Waals surface area (Å²) in [5.41, 5.74) is 9.69. The molecule has 0 aliphatic carbocycles. The highest BCUT2D eigenvalue weighted by molar-refractivity contribution is 4.95. The summed E-state index contributed by atoms with van der Waals surface area (Å²) in [5, 5.41) is 12.4. The Hall–Kier alpha value is -0.410. The lowest BCUT2D eigenvalue weighted by atomic mass is 9.94. The average Bonchev–Trinajstić information content (AvgIpc) is 2.41. The number of nitrogens with one attached hydrogen (secondary N) is 3. The van der Waals surface area contributed by atoms with Crippen molar-refractivity contribution in [2.24, 2.45) is 11.7 Å². The van der Waals surface area contributed by atoms with Gasteiger partial charge in [-0.05, 0) is 20.8 Å². The van der Waals surface area contributed by atoms with Crippen molar-refractivity contribution in [3.63, 3.8) is 0 Å². The van der Waals surface area contributed by atoms with E-state index >= 15 is 0 Å². The number of halogens is 3. The van der Waals surface area contributed by atoms with E-state index in [1.54, 1.807) is 0 Å². The minimum absolute atomic E-state index is 0.396. The smallest absolute Gasteiger partial charge is 0.377 e. The maximum atomic E-state index is 12.6. The predicted molar refractivity (Wildman–Crippen MR) is 56.5 cm³/mol. The summed E-state index contributed by atoms with van der Waals surface area (Å²) in [7, 11) is 0. The zero-order valence-electron chi connectivity index (χ0n) is 9.97. The summed E-state index contributed by atoms with van der Waals surface area (Å²) in [4.78, 5) is 0. The van der Waals surface area contributed by atoms with Crippen LogP contribution in [0.15, 0.2) is 0 Å². The van der Waals surface area contributed by atoms with Crippen LogP contribution >= 0.6 is 0 Å². The lowest BCUT2D eigenvalue weighted by Crippen LogP contribution is -2.58. The number of hydrazine groups is 1. The zero-order valence-corrected chi connectivity index (χ0v) is 9.97. The first kappa shape index (κ1) is 14.7. The lowest BCUT2D eigenvalue weighted by molar-refractivity contribution is -0.168. The largest absolute Gasteiger partial charge is 0.404 e. The van der Waals surface area contributed by atoms with Gasteiger partial charge in [0, 0.05) is 5.54 Å². The van der Waals surface area contributed by atoms with E-state index in [9.17, 15) is 18.3 Å². The van der Waals surface area contributed by atoms with Crippen LogP contribution < -0.4 is 21.9 Å². The van der Waals surface area contributed by atoms with Gasteiger partial charge in [-0.3, -0.25) is 5.32 Å². The fraction of sp³-hybridized carbons (Fsp3) is 1.00. The van der Waals surface area contributed by atoms with Crippen LogP contribution in [0.2, 0.25) is 0 Å². The Morgan fingerprint density at radius 1 is 1.24 bits per heavy atom. The normalized spacial score (nSPS) is 32.8. The summed E-state index contributed by atoms with van der Waals surface area (Å²) in [6, 6.07) is -2.10. The molecule has 6 N–H and O–H groups in total. The van der Waals surface area contributed by atoms with Crippen molar-refractivity contribution in [2.45, 2.75) is 50.9 Å². The highest BCUT2D eigenvalue weighted by atomic mass is 19.4. The molecule has 0 radical (unpaired) electrons. The molecule has 1 aliphatic rings. The van der Waals surface area contributed by atoms with Gasteiger partial charge >= 0.3 is 6.18 Å². The maximum Gasteiger partial charge on any atom is 0.404 e. The van der Waals surface area contributed by atoms with E-state index in [0.717, 1.165) is 0 Å². The molecule has 0 aromatic carbocycles. The topological polar surface area (TPSA) is 82.3 Å². The summed E-state index contributed by atoms with van der Waals surface area (Å²) < 4.78 is 37.7. The molecular weight excluding hydrogens is 237 g/mol. The van der Waals surface area contributed by atoms with Crippen molar-refractivity contribution in [1.82, 2.24) is 16.2 Å². The number of nitrogens with two attached hydrogens (primary N) is 1. The molecule has 0 aromatic rings. The van der Waals surface area contributed by atoms with Crippen molar-refractivity contribution in [2.75, 3.05) is 0 Å². The average molecular weight is 256 g/mol. The van der Waals surface area contributed by atoms with E-state index in [1.807, 2.05) is 20.8 Å². The number of rotatable bonds is 2.